The number of carbonyl (C=O) groups is 1. The monoisotopic (exact) mass is 646 g/mol. The maximum absolute atomic E-state index is 14.9. The van der Waals surface area contributed by atoms with Crippen molar-refractivity contribution in [1.82, 2.24) is 9.36 Å². The molecule has 1 aromatic carbocycles. The number of rotatable bonds is 10. The number of carbonyl (C=O) groups excluding carboxylic acids is 1. The second-order valence-electron chi connectivity index (χ2n) is 16.2. The van der Waals surface area contributed by atoms with Crippen molar-refractivity contribution in [3.8, 4) is 0 Å². The first-order chi connectivity index (χ1) is 22.5. The van der Waals surface area contributed by atoms with Crippen LogP contribution in [0.1, 0.15) is 98.8 Å². The van der Waals surface area contributed by atoms with Gasteiger partial charge in [-0.2, -0.15) is 0 Å². The summed E-state index contributed by atoms with van der Waals surface area (Å²) in [4.78, 5) is 41.9. The maximum atomic E-state index is 14.9. The van der Waals surface area contributed by atoms with Gasteiger partial charge in [-0.05, 0) is 93.1 Å². The van der Waals surface area contributed by atoms with Crippen molar-refractivity contribution in [2.75, 3.05) is 20.5 Å². The Hall–Kier alpha value is -2.71. The molecule has 4 aliphatic carbocycles. The lowest BCUT2D eigenvalue weighted by atomic mass is 9.40. The number of aromatic nitrogens is 2. The third-order valence-electron chi connectivity index (χ3n) is 14.2. The molecule has 3 saturated carbocycles. The average Bonchev–Trinajstić information content (AvgIpc) is 3.43. The van der Waals surface area contributed by atoms with Crippen LogP contribution in [0.5, 0.6) is 0 Å². The number of hydrogen-bond acceptors (Lipinski definition) is 6. The van der Waals surface area contributed by atoms with Gasteiger partial charge in [-0.15, -0.1) is 0 Å². The average molecular weight is 647 g/mol. The Morgan fingerprint density at radius 3 is 2.36 bits per heavy atom. The fourth-order valence-corrected chi connectivity index (χ4v) is 12.1. The van der Waals surface area contributed by atoms with Crippen LogP contribution in [-0.2, 0) is 30.1 Å². The number of ether oxygens (including phenoxy) is 3. The smallest absolute Gasteiger partial charge is 0.308 e. The van der Waals surface area contributed by atoms with E-state index < -0.39 is 11.1 Å². The van der Waals surface area contributed by atoms with E-state index in [1.807, 2.05) is 47.5 Å². The first-order valence-electron chi connectivity index (χ1n) is 18.3. The molecule has 1 aromatic heterocycles. The predicted octanol–water partition coefficient (Wildman–Crippen LogP) is 6.76. The zero-order valence-electron chi connectivity index (χ0n) is 29.3. The summed E-state index contributed by atoms with van der Waals surface area (Å²) in [5, 5.41) is 1.03. The van der Waals surface area contributed by atoms with Gasteiger partial charge in [0.2, 0.25) is 0 Å². The highest BCUT2D eigenvalue weighted by Gasteiger charge is 2.74. The third kappa shape index (κ3) is 4.42. The number of esters is 1. The third-order valence-corrected chi connectivity index (χ3v) is 14.2. The number of methoxy groups -OCH3 is 1. The number of hydrogen-bond donors (Lipinski definition) is 0. The zero-order valence-corrected chi connectivity index (χ0v) is 29.3. The van der Waals surface area contributed by atoms with Gasteiger partial charge in [0.25, 0.3) is 11.1 Å². The van der Waals surface area contributed by atoms with Crippen LogP contribution in [0.2, 0.25) is 0 Å². The fraction of sp³-hybridized carbons (Fsp3) is 0.718. The molecule has 6 aliphatic rings. The summed E-state index contributed by atoms with van der Waals surface area (Å²) in [5.74, 6) is 1.34. The Balaban J connectivity index is 1.31. The van der Waals surface area contributed by atoms with Crippen molar-refractivity contribution >= 4 is 16.7 Å². The summed E-state index contributed by atoms with van der Waals surface area (Å²) in [6, 6.07) is 7.41. The molecule has 8 nitrogen and oxygen atoms in total. The van der Waals surface area contributed by atoms with Crippen molar-refractivity contribution in [1.29, 1.82) is 0 Å². The van der Waals surface area contributed by atoms with Crippen molar-refractivity contribution in [2.24, 2.45) is 40.4 Å². The van der Waals surface area contributed by atoms with E-state index in [0.717, 1.165) is 57.8 Å². The standard InChI is InChI=1S/C39H54N2O6/c1-7-46-35(44)26(3)12-10-11-25(2)30-15-16-31-36(30,4)19-18-32-37(5)20-17-27(47-24-45-6)23-38(37)21-22-39(31,32)41-34(43)29-14-9-8-13-28(29)33(42)40(38)41/h8-9,13-14,21-22,25-27,30-32H,7,10-12,15-20,23-24H2,1-6H3/t25-,26?,27?,30-,31-,32-,36-,37-,38?,39-/m1/s1. The van der Waals surface area contributed by atoms with Gasteiger partial charge < -0.3 is 14.2 Å². The largest absolute Gasteiger partial charge is 0.466 e. The highest BCUT2D eigenvalue weighted by Crippen LogP contribution is 2.74. The molecule has 2 aromatic rings. The molecule has 8 heteroatoms. The minimum absolute atomic E-state index is 0.0332. The SMILES string of the molecule is CCOC(=O)C(C)CCC[C@@H](C)[C@H]1CC[C@@H]2[C@]1(C)CC[C@H]1[C@@]23C=CC2(CC(OCOC)CC[C@]12C)n1c(=O)c2ccccc2c(=O)n13. The first kappa shape index (κ1) is 32.8. The van der Waals surface area contributed by atoms with Crippen molar-refractivity contribution in [3.63, 3.8) is 0 Å². The lowest BCUT2D eigenvalue weighted by molar-refractivity contribution is -0.212. The molecule has 0 N–H and O–H groups in total. The maximum Gasteiger partial charge on any atom is 0.308 e. The van der Waals surface area contributed by atoms with E-state index in [2.05, 4.69) is 32.9 Å². The molecule has 8 rings (SSSR count). The van der Waals surface area contributed by atoms with Gasteiger partial charge in [-0.25, -0.2) is 9.36 Å². The molecule has 3 unspecified atom stereocenters. The van der Waals surface area contributed by atoms with E-state index in [1.165, 1.54) is 0 Å². The molecular weight excluding hydrogens is 592 g/mol. The molecule has 10 atom stereocenters. The Morgan fingerprint density at radius 1 is 0.936 bits per heavy atom. The Kier molecular flexibility index (Phi) is 8.18. The fourth-order valence-electron chi connectivity index (χ4n) is 12.1. The topological polar surface area (TPSA) is 88.8 Å². The van der Waals surface area contributed by atoms with Crippen LogP contribution in [0.25, 0.3) is 10.8 Å². The summed E-state index contributed by atoms with van der Waals surface area (Å²) >= 11 is 0. The van der Waals surface area contributed by atoms with E-state index in [4.69, 9.17) is 14.2 Å². The molecule has 0 saturated heterocycles. The van der Waals surface area contributed by atoms with E-state index in [-0.39, 0.29) is 58.6 Å². The van der Waals surface area contributed by atoms with Crippen LogP contribution in [0.3, 0.4) is 0 Å². The van der Waals surface area contributed by atoms with Gasteiger partial charge in [0.05, 0.1) is 40.5 Å². The molecule has 2 aliphatic heterocycles. The number of fused-ring (bicyclic) bond motifs is 2. The second kappa shape index (κ2) is 11.7. The minimum atomic E-state index is -0.648. The molecule has 3 fully saturated rings. The van der Waals surface area contributed by atoms with E-state index in [1.54, 1.807) is 7.11 Å². The van der Waals surface area contributed by atoms with Gasteiger partial charge in [-0.3, -0.25) is 14.4 Å². The predicted molar refractivity (Wildman–Crippen MR) is 182 cm³/mol. The molecule has 256 valence electrons. The van der Waals surface area contributed by atoms with Crippen LogP contribution in [0.15, 0.2) is 46.0 Å². The lowest BCUT2D eigenvalue weighted by Crippen LogP contribution is -2.78. The van der Waals surface area contributed by atoms with Crippen molar-refractivity contribution in [3.05, 3.63) is 57.1 Å². The van der Waals surface area contributed by atoms with Crippen LogP contribution >= 0.6 is 0 Å². The molecule has 0 amide bonds. The Labute approximate surface area is 278 Å². The summed E-state index contributed by atoms with van der Waals surface area (Å²) in [6.45, 7) is 11.8. The van der Waals surface area contributed by atoms with E-state index in [9.17, 15) is 14.4 Å². The zero-order chi connectivity index (χ0) is 33.4. The number of nitrogens with zero attached hydrogens (tertiary/aromatic N) is 2. The molecule has 0 radical (unpaired) electrons. The summed E-state index contributed by atoms with van der Waals surface area (Å²) < 4.78 is 20.7. The summed E-state index contributed by atoms with van der Waals surface area (Å²) in [6.07, 6.45) is 14.5. The van der Waals surface area contributed by atoms with Crippen molar-refractivity contribution < 1.29 is 19.0 Å². The minimum Gasteiger partial charge on any atom is -0.466 e. The van der Waals surface area contributed by atoms with Gasteiger partial charge in [-0.1, -0.05) is 64.8 Å². The number of benzene rings is 1. The van der Waals surface area contributed by atoms with Crippen LogP contribution in [0, 0.1) is 40.4 Å². The van der Waals surface area contributed by atoms with E-state index >= 15 is 0 Å². The van der Waals surface area contributed by atoms with Gasteiger partial charge >= 0.3 is 5.97 Å². The molecule has 2 bridgehead atoms. The highest BCUT2D eigenvalue weighted by atomic mass is 16.7. The molecule has 2 spiro atoms. The molecule has 3 heterocycles. The summed E-state index contributed by atoms with van der Waals surface area (Å²) in [7, 11) is 1.64. The Bertz CT molecular complexity index is 1690. The van der Waals surface area contributed by atoms with Crippen LogP contribution in [0.4, 0.5) is 0 Å². The molecule has 47 heavy (non-hydrogen) atoms. The van der Waals surface area contributed by atoms with Gasteiger partial charge in [0, 0.05) is 18.9 Å². The Morgan fingerprint density at radius 2 is 1.66 bits per heavy atom. The van der Waals surface area contributed by atoms with Crippen LogP contribution < -0.4 is 11.1 Å². The lowest BCUT2D eigenvalue weighted by Gasteiger charge is -2.72. The highest BCUT2D eigenvalue weighted by molar-refractivity contribution is 5.80. The number of allylic oxidation sites excluding steroid dienone is 2. The van der Waals surface area contributed by atoms with Gasteiger partial charge in [0.1, 0.15) is 6.79 Å². The quantitative estimate of drug-likeness (QED) is 0.161. The molecular formula is C39H54N2O6. The second-order valence-corrected chi connectivity index (χ2v) is 16.2. The van der Waals surface area contributed by atoms with Crippen molar-refractivity contribution in [2.45, 2.75) is 116 Å². The normalized spacial score (nSPS) is 37.9. The van der Waals surface area contributed by atoms with E-state index in [0.29, 0.717) is 35.6 Å². The first-order valence-corrected chi connectivity index (χ1v) is 18.3. The van der Waals surface area contributed by atoms with Gasteiger partial charge in [0.15, 0.2) is 0 Å². The summed E-state index contributed by atoms with van der Waals surface area (Å²) in [5.41, 5.74) is -1.47. The van der Waals surface area contributed by atoms with Crippen LogP contribution in [-0.4, -0.2) is 41.9 Å².